The molecule has 1 aliphatic rings. The molecule has 5 rings (SSSR count). The molecule has 0 bridgehead atoms. The monoisotopic (exact) mass is 567 g/mol. The predicted molar refractivity (Wildman–Crippen MR) is 160 cm³/mol. The van der Waals surface area contributed by atoms with Crippen LogP contribution in [0.4, 0.5) is 10.2 Å². The summed E-state index contributed by atoms with van der Waals surface area (Å²) < 4.78 is 20.8. The van der Waals surface area contributed by atoms with Crippen molar-refractivity contribution in [2.75, 3.05) is 5.73 Å². The third-order valence-corrected chi connectivity index (χ3v) is 7.69. The van der Waals surface area contributed by atoms with Crippen LogP contribution in [0.15, 0.2) is 89.7 Å². The molecule has 1 aliphatic carbocycles. The standard InChI is InChI=1S/C34H34FN3O4/c1-22-19-25(13-17-29(22)35)32(40)28-16-18-31(39)38(33(28)36)26-14-11-24(12-15-26)21-37-30(20-23-7-3-2-4-8-23)34(41)42-27-9-5-6-10-27/h2-4,7-8,11-19,27,30,37H,5-6,9-10,20-21,36H2,1H3/t30-/m0/s1. The first-order valence-electron chi connectivity index (χ1n) is 14.2. The van der Waals surface area contributed by atoms with E-state index in [4.69, 9.17) is 10.5 Å². The molecule has 42 heavy (non-hydrogen) atoms. The molecule has 1 heterocycles. The van der Waals surface area contributed by atoms with Gasteiger partial charge >= 0.3 is 5.97 Å². The molecule has 0 spiro atoms. The summed E-state index contributed by atoms with van der Waals surface area (Å²) in [6, 6.07) is 23.3. The van der Waals surface area contributed by atoms with Gasteiger partial charge < -0.3 is 15.8 Å². The van der Waals surface area contributed by atoms with Crippen molar-refractivity contribution >= 4 is 17.6 Å². The SMILES string of the molecule is Cc1cc(C(=O)c2ccc(=O)n(-c3ccc(CN[C@@H](Cc4ccccc4)C(=O)OC4CCCC4)cc3)c2N)ccc1F. The van der Waals surface area contributed by atoms with Gasteiger partial charge in [0.05, 0.1) is 11.3 Å². The van der Waals surface area contributed by atoms with E-state index in [1.165, 1.54) is 34.9 Å². The van der Waals surface area contributed by atoms with Gasteiger partial charge in [0.25, 0.3) is 5.56 Å². The Hall–Kier alpha value is -4.56. The number of rotatable bonds is 10. The maximum absolute atomic E-state index is 13.7. The molecular weight excluding hydrogens is 533 g/mol. The summed E-state index contributed by atoms with van der Waals surface area (Å²) in [5.41, 5.74) is 9.15. The van der Waals surface area contributed by atoms with Crippen molar-refractivity contribution in [3.8, 4) is 5.69 Å². The first-order chi connectivity index (χ1) is 20.3. The minimum absolute atomic E-state index is 0.00191. The molecule has 0 radical (unpaired) electrons. The van der Waals surface area contributed by atoms with E-state index in [-0.39, 0.29) is 34.6 Å². The maximum Gasteiger partial charge on any atom is 0.323 e. The number of nitrogen functional groups attached to an aromatic ring is 1. The lowest BCUT2D eigenvalue weighted by Crippen LogP contribution is -2.40. The van der Waals surface area contributed by atoms with Gasteiger partial charge in [0.1, 0.15) is 23.8 Å². The highest BCUT2D eigenvalue weighted by atomic mass is 19.1. The van der Waals surface area contributed by atoms with E-state index in [9.17, 15) is 18.8 Å². The number of nitrogens with one attached hydrogen (secondary N) is 1. The van der Waals surface area contributed by atoms with Crippen molar-refractivity contribution < 1.29 is 18.7 Å². The normalized spacial score (nSPS) is 14.0. The van der Waals surface area contributed by atoms with Gasteiger partial charge in [-0.2, -0.15) is 0 Å². The van der Waals surface area contributed by atoms with Crippen LogP contribution in [0.5, 0.6) is 0 Å². The number of nitrogens with zero attached hydrogens (tertiary/aromatic N) is 1. The molecule has 0 unspecified atom stereocenters. The number of nitrogens with two attached hydrogens (primary N) is 1. The molecule has 0 amide bonds. The highest BCUT2D eigenvalue weighted by Crippen LogP contribution is 2.23. The fraction of sp³-hybridized carbons (Fsp3) is 0.265. The molecule has 3 aromatic carbocycles. The molecule has 4 aromatic rings. The number of anilines is 1. The average molecular weight is 568 g/mol. The topological polar surface area (TPSA) is 103 Å². The lowest BCUT2D eigenvalue weighted by atomic mass is 10.0. The van der Waals surface area contributed by atoms with Crippen LogP contribution in [0, 0.1) is 12.7 Å². The third kappa shape index (κ3) is 6.66. The lowest BCUT2D eigenvalue weighted by Gasteiger charge is -2.21. The molecule has 0 saturated heterocycles. The second-order valence-corrected chi connectivity index (χ2v) is 10.7. The molecule has 216 valence electrons. The summed E-state index contributed by atoms with van der Waals surface area (Å²) in [5.74, 6) is -1.06. The number of ether oxygens (including phenoxy) is 1. The van der Waals surface area contributed by atoms with Crippen LogP contribution >= 0.6 is 0 Å². The van der Waals surface area contributed by atoms with Crippen LogP contribution in [-0.4, -0.2) is 28.5 Å². The van der Waals surface area contributed by atoms with Crippen molar-refractivity contribution in [3.63, 3.8) is 0 Å². The number of carbonyl (C=O) groups excluding carboxylic acids is 2. The highest BCUT2D eigenvalue weighted by molar-refractivity contribution is 6.11. The van der Waals surface area contributed by atoms with Gasteiger partial charge in [0.2, 0.25) is 0 Å². The number of halogens is 1. The van der Waals surface area contributed by atoms with E-state index in [2.05, 4.69) is 5.32 Å². The van der Waals surface area contributed by atoms with Gasteiger partial charge in [0.15, 0.2) is 5.78 Å². The van der Waals surface area contributed by atoms with E-state index in [1.54, 1.807) is 19.1 Å². The molecule has 0 aliphatic heterocycles. The van der Waals surface area contributed by atoms with Crippen molar-refractivity contribution in [3.05, 3.63) is 129 Å². The molecular formula is C34H34FN3O4. The predicted octanol–water partition coefficient (Wildman–Crippen LogP) is 5.28. The number of hydrogen-bond donors (Lipinski definition) is 2. The number of carbonyl (C=O) groups is 2. The largest absolute Gasteiger partial charge is 0.461 e. The van der Waals surface area contributed by atoms with Crippen LogP contribution in [0.1, 0.15) is 58.3 Å². The second-order valence-electron chi connectivity index (χ2n) is 10.7. The fourth-order valence-corrected chi connectivity index (χ4v) is 5.30. The number of ketones is 1. The zero-order valence-corrected chi connectivity index (χ0v) is 23.5. The number of esters is 1. The smallest absolute Gasteiger partial charge is 0.323 e. The van der Waals surface area contributed by atoms with Gasteiger partial charge in [-0.05, 0) is 92.1 Å². The Morgan fingerprint density at radius 1 is 0.976 bits per heavy atom. The van der Waals surface area contributed by atoms with Gasteiger partial charge in [-0.15, -0.1) is 0 Å². The van der Waals surface area contributed by atoms with Crippen LogP contribution < -0.4 is 16.6 Å². The molecule has 1 saturated carbocycles. The van der Waals surface area contributed by atoms with E-state index < -0.39 is 17.6 Å². The highest BCUT2D eigenvalue weighted by Gasteiger charge is 2.26. The van der Waals surface area contributed by atoms with Gasteiger partial charge in [0, 0.05) is 18.2 Å². The molecule has 1 fully saturated rings. The first-order valence-corrected chi connectivity index (χ1v) is 14.2. The first kappa shape index (κ1) is 29.0. The molecule has 8 heteroatoms. The molecule has 7 nitrogen and oxygen atoms in total. The van der Waals surface area contributed by atoms with Crippen LogP contribution in [0.3, 0.4) is 0 Å². The van der Waals surface area contributed by atoms with Crippen molar-refractivity contribution in [1.29, 1.82) is 0 Å². The zero-order valence-electron chi connectivity index (χ0n) is 23.5. The zero-order chi connectivity index (χ0) is 29.6. The summed E-state index contributed by atoms with van der Waals surface area (Å²) in [6.45, 7) is 1.99. The van der Waals surface area contributed by atoms with Crippen molar-refractivity contribution in [2.24, 2.45) is 0 Å². The Morgan fingerprint density at radius 3 is 2.38 bits per heavy atom. The van der Waals surface area contributed by atoms with Gasteiger partial charge in [-0.3, -0.25) is 19.0 Å². The minimum Gasteiger partial charge on any atom is -0.461 e. The number of pyridine rings is 1. The quantitative estimate of drug-likeness (QED) is 0.200. The van der Waals surface area contributed by atoms with E-state index in [0.29, 0.717) is 24.2 Å². The maximum atomic E-state index is 13.7. The van der Waals surface area contributed by atoms with E-state index >= 15 is 0 Å². The summed E-state index contributed by atoms with van der Waals surface area (Å²) in [7, 11) is 0. The van der Waals surface area contributed by atoms with Crippen molar-refractivity contribution in [2.45, 2.75) is 57.7 Å². The average Bonchev–Trinajstić information content (AvgIpc) is 3.50. The Balaban J connectivity index is 1.32. The van der Waals surface area contributed by atoms with Crippen LogP contribution in [0.25, 0.3) is 5.69 Å². The van der Waals surface area contributed by atoms with Crippen molar-refractivity contribution in [1.82, 2.24) is 9.88 Å². The summed E-state index contributed by atoms with van der Waals surface area (Å²) in [5, 5.41) is 3.35. The Morgan fingerprint density at radius 2 is 1.69 bits per heavy atom. The number of aromatic nitrogens is 1. The second kappa shape index (κ2) is 13.0. The Kier molecular flexibility index (Phi) is 8.93. The molecule has 1 aromatic heterocycles. The van der Waals surface area contributed by atoms with E-state index in [1.807, 2.05) is 42.5 Å². The molecule has 1 atom stereocenters. The van der Waals surface area contributed by atoms with Gasteiger partial charge in [-0.1, -0.05) is 42.5 Å². The number of benzene rings is 3. The van der Waals surface area contributed by atoms with Crippen LogP contribution in [-0.2, 0) is 22.5 Å². The summed E-state index contributed by atoms with van der Waals surface area (Å²) in [6.07, 6.45) is 4.46. The van der Waals surface area contributed by atoms with Gasteiger partial charge in [-0.25, -0.2) is 4.39 Å². The summed E-state index contributed by atoms with van der Waals surface area (Å²) in [4.78, 5) is 39.0. The summed E-state index contributed by atoms with van der Waals surface area (Å²) >= 11 is 0. The number of aryl methyl sites for hydroxylation is 1. The number of hydrogen-bond acceptors (Lipinski definition) is 6. The third-order valence-electron chi connectivity index (χ3n) is 7.69. The Bertz CT molecular complexity index is 1630. The molecule has 3 N–H and O–H groups in total. The lowest BCUT2D eigenvalue weighted by molar-refractivity contribution is -0.151. The van der Waals surface area contributed by atoms with E-state index in [0.717, 1.165) is 36.8 Å². The fourth-order valence-electron chi connectivity index (χ4n) is 5.30. The van der Waals surface area contributed by atoms with Crippen LogP contribution in [0.2, 0.25) is 0 Å². The minimum atomic E-state index is -0.510. The Labute approximate surface area is 244 Å².